The number of carbonyl (C=O) groups is 1. The maximum atomic E-state index is 10.3. The van der Waals surface area contributed by atoms with Crippen LogP contribution in [0.1, 0.15) is 0 Å². The molecule has 1 amide bonds. The number of ether oxygens (including phenoxy) is 1. The van der Waals surface area contributed by atoms with Gasteiger partial charge in [0.15, 0.2) is 0 Å². The Morgan fingerprint density at radius 2 is 2.27 bits per heavy atom. The van der Waals surface area contributed by atoms with Crippen molar-refractivity contribution in [3.05, 3.63) is 22.7 Å². The van der Waals surface area contributed by atoms with Crippen LogP contribution in [-0.4, -0.2) is 19.2 Å². The van der Waals surface area contributed by atoms with Crippen LogP contribution in [0.5, 0.6) is 0 Å². The Morgan fingerprint density at radius 3 is 2.87 bits per heavy atom. The number of nitrogens with one attached hydrogen (secondary N) is 1. The third-order valence-corrected chi connectivity index (χ3v) is 2.31. The van der Waals surface area contributed by atoms with Gasteiger partial charge in [-0.25, -0.2) is 4.79 Å². The molecule has 0 aliphatic carbocycles. The van der Waals surface area contributed by atoms with Gasteiger partial charge in [-0.15, -0.1) is 0 Å². The third kappa shape index (κ3) is 4.07. The minimum absolute atomic E-state index is 0.228. The molecule has 0 aliphatic rings. The van der Waals surface area contributed by atoms with Crippen molar-refractivity contribution in [1.82, 2.24) is 0 Å². The zero-order valence-electron chi connectivity index (χ0n) is 8.00. The Hall–Kier alpha value is -1.43. The summed E-state index contributed by atoms with van der Waals surface area (Å²) in [5, 5.41) is 3.06. The maximum Gasteiger partial charge on any atom is 0.404 e. The van der Waals surface area contributed by atoms with Gasteiger partial charge in [0.1, 0.15) is 6.61 Å². The predicted molar refractivity (Wildman–Crippen MR) is 62.6 cm³/mol. The average molecular weight is 274 g/mol. The minimum atomic E-state index is -0.770. The van der Waals surface area contributed by atoms with Crippen LogP contribution >= 0.6 is 15.9 Å². The summed E-state index contributed by atoms with van der Waals surface area (Å²) in [5.74, 6) is 0. The second-order valence-corrected chi connectivity index (χ2v) is 3.69. The van der Waals surface area contributed by atoms with E-state index in [0.717, 1.165) is 10.2 Å². The Morgan fingerprint density at radius 1 is 1.53 bits per heavy atom. The van der Waals surface area contributed by atoms with Crippen LogP contribution in [0.3, 0.4) is 0 Å². The van der Waals surface area contributed by atoms with Gasteiger partial charge >= 0.3 is 6.09 Å². The summed E-state index contributed by atoms with van der Waals surface area (Å²) in [7, 11) is 0. The van der Waals surface area contributed by atoms with E-state index in [1.54, 1.807) is 12.1 Å². The molecular weight excluding hydrogens is 262 g/mol. The van der Waals surface area contributed by atoms with Gasteiger partial charge in [0.2, 0.25) is 0 Å². The van der Waals surface area contributed by atoms with E-state index in [9.17, 15) is 4.79 Å². The van der Waals surface area contributed by atoms with E-state index in [-0.39, 0.29) is 6.61 Å². The van der Waals surface area contributed by atoms with Gasteiger partial charge in [0.05, 0.1) is 0 Å². The summed E-state index contributed by atoms with van der Waals surface area (Å²) in [6, 6.07) is 5.41. The number of amides is 1. The zero-order chi connectivity index (χ0) is 11.3. The van der Waals surface area contributed by atoms with E-state index in [4.69, 9.17) is 11.5 Å². The van der Waals surface area contributed by atoms with E-state index in [1.165, 1.54) is 0 Å². The lowest BCUT2D eigenvalue weighted by Crippen LogP contribution is -2.18. The highest BCUT2D eigenvalue weighted by molar-refractivity contribution is 9.10. The maximum absolute atomic E-state index is 10.3. The monoisotopic (exact) mass is 273 g/mol. The molecule has 0 heterocycles. The quantitative estimate of drug-likeness (QED) is 0.573. The highest BCUT2D eigenvalue weighted by Gasteiger charge is 1.99. The van der Waals surface area contributed by atoms with Crippen molar-refractivity contribution >= 4 is 33.4 Å². The molecule has 0 spiro atoms. The molecule has 1 aromatic carbocycles. The van der Waals surface area contributed by atoms with Crippen molar-refractivity contribution in [3.63, 3.8) is 0 Å². The van der Waals surface area contributed by atoms with Crippen LogP contribution in [0, 0.1) is 0 Å². The fourth-order valence-corrected chi connectivity index (χ4v) is 1.55. The van der Waals surface area contributed by atoms with Gasteiger partial charge in [0.25, 0.3) is 0 Å². The zero-order valence-corrected chi connectivity index (χ0v) is 9.58. The number of hydrogen-bond donors (Lipinski definition) is 3. The number of halogens is 1. The lowest BCUT2D eigenvalue weighted by Gasteiger charge is -2.08. The number of rotatable bonds is 4. The number of anilines is 2. The molecule has 82 valence electrons. The molecule has 0 fully saturated rings. The van der Waals surface area contributed by atoms with Gasteiger partial charge in [0, 0.05) is 22.4 Å². The molecule has 0 aromatic heterocycles. The van der Waals surface area contributed by atoms with Crippen LogP contribution in [0.25, 0.3) is 0 Å². The molecule has 0 atom stereocenters. The van der Waals surface area contributed by atoms with Crippen molar-refractivity contribution in [3.8, 4) is 0 Å². The van der Waals surface area contributed by atoms with Gasteiger partial charge in [-0.2, -0.15) is 0 Å². The second kappa shape index (κ2) is 5.45. The molecule has 1 aromatic rings. The molecule has 5 N–H and O–H groups in total. The normalized spacial score (nSPS) is 9.67. The van der Waals surface area contributed by atoms with Crippen molar-refractivity contribution < 1.29 is 9.53 Å². The van der Waals surface area contributed by atoms with Crippen molar-refractivity contribution in [2.75, 3.05) is 24.2 Å². The number of nitrogen functional groups attached to an aromatic ring is 1. The van der Waals surface area contributed by atoms with Gasteiger partial charge in [-0.1, -0.05) is 0 Å². The minimum Gasteiger partial charge on any atom is -0.448 e. The third-order valence-electron chi connectivity index (χ3n) is 1.65. The van der Waals surface area contributed by atoms with Crippen LogP contribution in [-0.2, 0) is 4.74 Å². The molecule has 0 radical (unpaired) electrons. The first kappa shape index (κ1) is 11.6. The molecule has 15 heavy (non-hydrogen) atoms. The van der Waals surface area contributed by atoms with E-state index in [0.29, 0.717) is 12.2 Å². The summed E-state index contributed by atoms with van der Waals surface area (Å²) in [6.07, 6.45) is -0.770. The Balaban J connectivity index is 2.40. The Kier molecular flexibility index (Phi) is 4.23. The van der Waals surface area contributed by atoms with E-state index >= 15 is 0 Å². The predicted octanol–water partition coefficient (Wildman–Crippen LogP) is 1.54. The smallest absolute Gasteiger partial charge is 0.404 e. The molecular formula is C9H12BrN3O2. The second-order valence-electron chi connectivity index (χ2n) is 2.83. The summed E-state index contributed by atoms with van der Waals surface area (Å²) in [5.41, 5.74) is 12.0. The number of hydrogen-bond acceptors (Lipinski definition) is 4. The molecule has 0 aliphatic heterocycles. The lowest BCUT2D eigenvalue weighted by atomic mass is 10.3. The number of benzene rings is 1. The SMILES string of the molecule is NC(=O)OCCNc1ccc(N)cc1Br. The van der Waals surface area contributed by atoms with E-state index in [1.807, 2.05) is 6.07 Å². The largest absolute Gasteiger partial charge is 0.448 e. The summed E-state index contributed by atoms with van der Waals surface area (Å²) in [6.45, 7) is 0.720. The van der Waals surface area contributed by atoms with Crippen LogP contribution in [0.4, 0.5) is 16.2 Å². The fourth-order valence-electron chi connectivity index (χ4n) is 1.01. The average Bonchev–Trinajstić information content (AvgIpc) is 2.14. The van der Waals surface area contributed by atoms with Gasteiger partial charge in [-0.05, 0) is 34.1 Å². The summed E-state index contributed by atoms with van der Waals surface area (Å²) in [4.78, 5) is 10.3. The number of nitrogens with two attached hydrogens (primary N) is 2. The first-order chi connectivity index (χ1) is 7.09. The molecule has 0 bridgehead atoms. The first-order valence-corrected chi connectivity index (χ1v) is 5.10. The number of primary amides is 1. The lowest BCUT2D eigenvalue weighted by molar-refractivity contribution is 0.161. The van der Waals surface area contributed by atoms with Gasteiger partial charge < -0.3 is 21.5 Å². The highest BCUT2D eigenvalue weighted by Crippen LogP contribution is 2.24. The van der Waals surface area contributed by atoms with Crippen molar-refractivity contribution in [2.45, 2.75) is 0 Å². The fraction of sp³-hybridized carbons (Fsp3) is 0.222. The summed E-state index contributed by atoms with van der Waals surface area (Å²) < 4.78 is 5.43. The van der Waals surface area contributed by atoms with Crippen molar-refractivity contribution in [1.29, 1.82) is 0 Å². The molecule has 1 rings (SSSR count). The van der Waals surface area contributed by atoms with Crippen LogP contribution < -0.4 is 16.8 Å². The number of carbonyl (C=O) groups excluding carboxylic acids is 1. The molecule has 5 nitrogen and oxygen atoms in total. The molecule has 0 unspecified atom stereocenters. The first-order valence-electron chi connectivity index (χ1n) is 4.30. The van der Waals surface area contributed by atoms with Crippen LogP contribution in [0.2, 0.25) is 0 Å². The Bertz CT molecular complexity index is 357. The standard InChI is InChI=1S/C9H12BrN3O2/c10-7-5-6(11)1-2-8(7)13-3-4-15-9(12)14/h1-2,5,13H,3-4,11H2,(H2,12,14). The van der Waals surface area contributed by atoms with Gasteiger partial charge in [-0.3, -0.25) is 0 Å². The highest BCUT2D eigenvalue weighted by atomic mass is 79.9. The molecule has 0 saturated heterocycles. The molecule has 6 heteroatoms. The Labute approximate surface area is 95.9 Å². The van der Waals surface area contributed by atoms with E-state index in [2.05, 4.69) is 26.0 Å². The van der Waals surface area contributed by atoms with Crippen LogP contribution in [0.15, 0.2) is 22.7 Å². The van der Waals surface area contributed by atoms with Crippen molar-refractivity contribution in [2.24, 2.45) is 5.73 Å². The molecule has 0 saturated carbocycles. The van der Waals surface area contributed by atoms with E-state index < -0.39 is 6.09 Å². The topological polar surface area (TPSA) is 90.4 Å². The summed E-state index contributed by atoms with van der Waals surface area (Å²) >= 11 is 3.35.